The minimum atomic E-state index is 0.0359. The van der Waals surface area contributed by atoms with Crippen molar-refractivity contribution in [3.63, 3.8) is 0 Å². The summed E-state index contributed by atoms with van der Waals surface area (Å²) in [5, 5.41) is 0. The minimum Gasteiger partial charge on any atom is -0.489 e. The maximum atomic E-state index is 5.99. The molecular formula is C15H24N2O. The van der Waals surface area contributed by atoms with Crippen LogP contribution in [0, 0.1) is 5.92 Å². The Bertz CT molecular complexity index is 363. The first kappa shape index (κ1) is 13.3. The Morgan fingerprint density at radius 1 is 1.44 bits per heavy atom. The maximum absolute atomic E-state index is 5.99. The van der Waals surface area contributed by atoms with Gasteiger partial charge >= 0.3 is 0 Å². The van der Waals surface area contributed by atoms with Gasteiger partial charge in [-0.1, -0.05) is 20.3 Å². The molecule has 0 saturated heterocycles. The molecule has 1 saturated carbocycles. The van der Waals surface area contributed by atoms with E-state index in [-0.39, 0.29) is 6.04 Å². The number of pyridine rings is 1. The molecule has 2 N–H and O–H groups in total. The second-order valence-electron chi connectivity index (χ2n) is 5.45. The van der Waals surface area contributed by atoms with E-state index < -0.39 is 0 Å². The molecule has 1 heterocycles. The van der Waals surface area contributed by atoms with Crippen LogP contribution in [0.15, 0.2) is 18.3 Å². The van der Waals surface area contributed by atoms with Crippen LogP contribution < -0.4 is 10.5 Å². The average molecular weight is 248 g/mol. The largest absolute Gasteiger partial charge is 0.489 e. The molecule has 100 valence electrons. The SMILES string of the molecule is CC[C@H](N)c1ccc(OC2CCCC(C)C2)cn1. The van der Waals surface area contributed by atoms with Gasteiger partial charge in [0.2, 0.25) is 0 Å². The molecule has 18 heavy (non-hydrogen) atoms. The molecule has 1 aromatic heterocycles. The van der Waals surface area contributed by atoms with Gasteiger partial charge in [0.1, 0.15) is 5.75 Å². The summed E-state index contributed by atoms with van der Waals surface area (Å²) < 4.78 is 5.99. The Kier molecular flexibility index (Phi) is 4.59. The van der Waals surface area contributed by atoms with Crippen LogP contribution in [-0.4, -0.2) is 11.1 Å². The molecule has 0 amide bonds. The van der Waals surface area contributed by atoms with Gasteiger partial charge in [-0.25, -0.2) is 0 Å². The fourth-order valence-corrected chi connectivity index (χ4v) is 2.57. The number of nitrogens with two attached hydrogens (primary N) is 1. The highest BCUT2D eigenvalue weighted by atomic mass is 16.5. The van der Waals surface area contributed by atoms with Gasteiger partial charge in [0.25, 0.3) is 0 Å². The Morgan fingerprint density at radius 3 is 2.89 bits per heavy atom. The summed E-state index contributed by atoms with van der Waals surface area (Å²) in [6, 6.07) is 4.01. The molecule has 3 heteroatoms. The van der Waals surface area contributed by atoms with E-state index in [1.54, 1.807) is 0 Å². The lowest BCUT2D eigenvalue weighted by Gasteiger charge is -2.27. The lowest BCUT2D eigenvalue weighted by atomic mass is 9.89. The maximum Gasteiger partial charge on any atom is 0.138 e. The first-order chi connectivity index (χ1) is 8.69. The third kappa shape index (κ3) is 3.45. The summed E-state index contributed by atoms with van der Waals surface area (Å²) in [5.74, 6) is 1.66. The number of nitrogens with zero attached hydrogens (tertiary/aromatic N) is 1. The molecule has 1 aliphatic rings. The van der Waals surface area contributed by atoms with Crippen LogP contribution in [0.3, 0.4) is 0 Å². The van der Waals surface area contributed by atoms with E-state index in [1.165, 1.54) is 19.3 Å². The first-order valence-electron chi connectivity index (χ1n) is 7.07. The van der Waals surface area contributed by atoms with E-state index in [1.807, 2.05) is 18.3 Å². The highest BCUT2D eigenvalue weighted by Crippen LogP contribution is 2.27. The van der Waals surface area contributed by atoms with Crippen molar-refractivity contribution in [2.24, 2.45) is 11.7 Å². The normalized spacial score (nSPS) is 25.7. The Hall–Kier alpha value is -1.09. The molecule has 0 spiro atoms. The van der Waals surface area contributed by atoms with Crippen LogP contribution >= 0.6 is 0 Å². The van der Waals surface area contributed by atoms with E-state index in [0.29, 0.717) is 6.10 Å². The number of ether oxygens (including phenoxy) is 1. The quantitative estimate of drug-likeness (QED) is 0.887. The van der Waals surface area contributed by atoms with E-state index in [9.17, 15) is 0 Å². The number of aromatic nitrogens is 1. The lowest BCUT2D eigenvalue weighted by molar-refractivity contribution is 0.128. The first-order valence-corrected chi connectivity index (χ1v) is 7.07. The predicted molar refractivity (Wildman–Crippen MR) is 73.5 cm³/mol. The molecule has 3 atom stereocenters. The molecule has 1 aliphatic carbocycles. The zero-order valence-corrected chi connectivity index (χ0v) is 11.4. The van der Waals surface area contributed by atoms with Crippen molar-refractivity contribution >= 4 is 0 Å². The van der Waals surface area contributed by atoms with Crippen molar-refractivity contribution in [2.45, 2.75) is 58.1 Å². The molecule has 0 radical (unpaired) electrons. The molecule has 3 nitrogen and oxygen atoms in total. The summed E-state index contributed by atoms with van der Waals surface area (Å²) in [6.07, 6.45) is 8.02. The molecule has 0 aliphatic heterocycles. The van der Waals surface area contributed by atoms with Crippen molar-refractivity contribution in [1.82, 2.24) is 4.98 Å². The van der Waals surface area contributed by atoms with E-state index in [0.717, 1.165) is 30.2 Å². The van der Waals surface area contributed by atoms with Crippen LogP contribution in [0.2, 0.25) is 0 Å². The fourth-order valence-electron chi connectivity index (χ4n) is 2.57. The summed E-state index contributed by atoms with van der Waals surface area (Å²) >= 11 is 0. The Labute approximate surface area is 110 Å². The second kappa shape index (κ2) is 6.19. The lowest BCUT2D eigenvalue weighted by Crippen LogP contribution is -2.24. The zero-order valence-electron chi connectivity index (χ0n) is 11.4. The van der Waals surface area contributed by atoms with Crippen molar-refractivity contribution in [2.75, 3.05) is 0 Å². The molecule has 0 aromatic carbocycles. The van der Waals surface area contributed by atoms with Crippen LogP contribution in [0.1, 0.15) is 57.7 Å². The van der Waals surface area contributed by atoms with Gasteiger partial charge in [0, 0.05) is 6.04 Å². The summed E-state index contributed by atoms with van der Waals surface area (Å²) in [4.78, 5) is 4.38. The van der Waals surface area contributed by atoms with Crippen LogP contribution in [0.5, 0.6) is 5.75 Å². The number of rotatable bonds is 4. The summed E-state index contributed by atoms with van der Waals surface area (Å²) in [6.45, 7) is 4.37. The third-order valence-electron chi connectivity index (χ3n) is 3.77. The van der Waals surface area contributed by atoms with Gasteiger partial charge in [0.15, 0.2) is 0 Å². The topological polar surface area (TPSA) is 48.1 Å². The average Bonchev–Trinajstić information content (AvgIpc) is 2.39. The van der Waals surface area contributed by atoms with E-state index in [2.05, 4.69) is 18.8 Å². The van der Waals surface area contributed by atoms with Gasteiger partial charge in [0.05, 0.1) is 18.0 Å². The van der Waals surface area contributed by atoms with E-state index >= 15 is 0 Å². The van der Waals surface area contributed by atoms with Crippen molar-refractivity contribution in [3.05, 3.63) is 24.0 Å². The van der Waals surface area contributed by atoms with Gasteiger partial charge < -0.3 is 10.5 Å². The molecular weight excluding hydrogens is 224 g/mol. The van der Waals surface area contributed by atoms with E-state index in [4.69, 9.17) is 10.5 Å². The standard InChI is InChI=1S/C15H24N2O/c1-3-14(16)15-8-7-13(10-17-15)18-12-6-4-5-11(2)9-12/h7-8,10-12,14H,3-6,9,16H2,1-2H3/t11?,12?,14-/m0/s1. The molecule has 2 unspecified atom stereocenters. The smallest absolute Gasteiger partial charge is 0.138 e. The zero-order chi connectivity index (χ0) is 13.0. The van der Waals surface area contributed by atoms with Crippen LogP contribution in [0.4, 0.5) is 0 Å². The highest BCUT2D eigenvalue weighted by Gasteiger charge is 2.20. The van der Waals surface area contributed by atoms with Gasteiger partial charge in [-0.3, -0.25) is 4.98 Å². The minimum absolute atomic E-state index is 0.0359. The Balaban J connectivity index is 1.93. The Morgan fingerprint density at radius 2 is 2.28 bits per heavy atom. The van der Waals surface area contributed by atoms with Gasteiger partial charge in [-0.15, -0.1) is 0 Å². The third-order valence-corrected chi connectivity index (χ3v) is 3.77. The van der Waals surface area contributed by atoms with Crippen LogP contribution in [-0.2, 0) is 0 Å². The van der Waals surface area contributed by atoms with Gasteiger partial charge in [-0.05, 0) is 43.7 Å². The van der Waals surface area contributed by atoms with Crippen LogP contribution in [0.25, 0.3) is 0 Å². The molecule has 0 bridgehead atoms. The molecule has 1 fully saturated rings. The highest BCUT2D eigenvalue weighted by molar-refractivity contribution is 5.21. The van der Waals surface area contributed by atoms with Gasteiger partial charge in [-0.2, -0.15) is 0 Å². The number of hydrogen-bond acceptors (Lipinski definition) is 3. The second-order valence-corrected chi connectivity index (χ2v) is 5.45. The number of hydrogen-bond donors (Lipinski definition) is 1. The summed E-state index contributed by atoms with van der Waals surface area (Å²) in [5.41, 5.74) is 6.89. The monoisotopic (exact) mass is 248 g/mol. The molecule has 1 aromatic rings. The fraction of sp³-hybridized carbons (Fsp3) is 0.667. The van der Waals surface area contributed by atoms with Crippen molar-refractivity contribution in [3.8, 4) is 5.75 Å². The van der Waals surface area contributed by atoms with Crippen molar-refractivity contribution < 1.29 is 4.74 Å². The van der Waals surface area contributed by atoms with Crippen molar-refractivity contribution in [1.29, 1.82) is 0 Å². The summed E-state index contributed by atoms with van der Waals surface area (Å²) in [7, 11) is 0. The predicted octanol–water partition coefficient (Wildman–Crippen LogP) is 3.45. The molecule has 2 rings (SSSR count).